The van der Waals surface area contributed by atoms with Crippen molar-refractivity contribution in [3.8, 4) is 39.8 Å². The molecule has 0 aliphatic carbocycles. The molecule has 2 heterocycles. The molecule has 1 amide bonds. The number of tetrazole rings is 1. The summed E-state index contributed by atoms with van der Waals surface area (Å²) in [7, 11) is -4.97. The molecule has 0 aliphatic rings. The van der Waals surface area contributed by atoms with Gasteiger partial charge in [0, 0.05) is 25.2 Å². The summed E-state index contributed by atoms with van der Waals surface area (Å²) in [4.78, 5) is 17.5. The van der Waals surface area contributed by atoms with Gasteiger partial charge in [-0.1, -0.05) is 65.9 Å². The van der Waals surface area contributed by atoms with E-state index in [2.05, 4.69) is 20.6 Å². The van der Waals surface area contributed by atoms with E-state index in [0.29, 0.717) is 44.2 Å². The van der Waals surface area contributed by atoms with Crippen LogP contribution in [0.1, 0.15) is 44.4 Å². The molecule has 0 fully saturated rings. The average Bonchev–Trinajstić information content (AvgIpc) is 3.93. The third-order valence-corrected chi connectivity index (χ3v) is 15.4. The molecule has 0 saturated heterocycles. The average molecular weight is 955 g/mol. The standard InChI is InChI=1S/C46H50N8O9S3/c1-29(25-48-45(55)63-46(2,3)4)65(56,57)39-24-23-36(37-9-8-10-38-41(37)49-44(47)64-38)40(43-50-52-54(51-43)28-32-15-21-35(62-7)22-16-32)42(39)66(58,59)53(26-30-11-17-33(60-5)18-12-30)27-31-13-19-34(61-6)20-14-31/h8-24,29H,25-28H2,1-7H3,(H2,47,49)(H,48,55). The Bertz CT molecular complexity index is 3010. The Labute approximate surface area is 387 Å². The summed E-state index contributed by atoms with van der Waals surface area (Å²) >= 11 is 1.24. The number of nitrogens with two attached hydrogens (primary N) is 1. The number of carbonyl (C=O) groups is 1. The van der Waals surface area contributed by atoms with E-state index in [0.717, 1.165) is 5.56 Å². The Morgan fingerprint density at radius 1 is 0.788 bits per heavy atom. The van der Waals surface area contributed by atoms with Gasteiger partial charge in [-0.15, -0.1) is 10.2 Å². The molecule has 17 nitrogen and oxygen atoms in total. The minimum atomic E-state index is -4.94. The molecule has 20 heteroatoms. The quantitative estimate of drug-likeness (QED) is 0.0912. The van der Waals surface area contributed by atoms with Crippen molar-refractivity contribution in [3.05, 3.63) is 120 Å². The number of anilines is 1. The topological polar surface area (TPSA) is 220 Å². The maximum atomic E-state index is 16.1. The van der Waals surface area contributed by atoms with Crippen LogP contribution in [-0.2, 0) is 44.2 Å². The van der Waals surface area contributed by atoms with E-state index >= 15 is 16.8 Å². The first-order chi connectivity index (χ1) is 31.4. The summed E-state index contributed by atoms with van der Waals surface area (Å²) in [6.07, 6.45) is -0.841. The third-order valence-electron chi connectivity index (χ3n) is 10.4. The summed E-state index contributed by atoms with van der Waals surface area (Å²) in [6.45, 7) is 5.72. The van der Waals surface area contributed by atoms with Gasteiger partial charge in [-0.05, 0) is 104 Å². The number of aromatic nitrogens is 5. The monoisotopic (exact) mass is 954 g/mol. The molecular weight excluding hydrogens is 905 g/mol. The number of methoxy groups -OCH3 is 3. The van der Waals surface area contributed by atoms with Crippen molar-refractivity contribution in [1.82, 2.24) is 34.8 Å². The van der Waals surface area contributed by atoms with Crippen LogP contribution in [0.5, 0.6) is 17.2 Å². The SMILES string of the molecule is COc1ccc(CN(Cc2ccc(OC)cc2)S(=O)(=O)c2c(S(=O)(=O)C(C)CNC(=O)OC(C)(C)C)ccc(-c3cccc4sc(N)nc34)c2-c2nnn(Cc3ccc(OC)cc3)n2)cc1. The van der Waals surface area contributed by atoms with Crippen LogP contribution in [0, 0.1) is 0 Å². The van der Waals surface area contributed by atoms with Crippen molar-refractivity contribution < 1.29 is 40.6 Å². The van der Waals surface area contributed by atoms with Gasteiger partial charge in [0.05, 0.1) is 53.8 Å². The van der Waals surface area contributed by atoms with Gasteiger partial charge in [-0.2, -0.15) is 9.10 Å². The van der Waals surface area contributed by atoms with E-state index in [9.17, 15) is 4.79 Å². The van der Waals surface area contributed by atoms with Gasteiger partial charge in [0.15, 0.2) is 15.0 Å². The molecule has 0 bridgehead atoms. The smallest absolute Gasteiger partial charge is 0.407 e. The van der Waals surface area contributed by atoms with E-state index in [4.69, 9.17) is 29.8 Å². The van der Waals surface area contributed by atoms with Gasteiger partial charge in [0.1, 0.15) is 27.7 Å². The number of nitrogen functional groups attached to an aromatic ring is 1. The Morgan fingerprint density at radius 3 is 1.89 bits per heavy atom. The van der Waals surface area contributed by atoms with Crippen LogP contribution >= 0.6 is 11.3 Å². The fourth-order valence-corrected chi connectivity index (χ4v) is 11.5. The van der Waals surface area contributed by atoms with E-state index in [1.54, 1.807) is 101 Å². The number of sulfonamides is 1. The van der Waals surface area contributed by atoms with Crippen LogP contribution in [0.15, 0.2) is 113 Å². The second-order valence-corrected chi connectivity index (χ2v) is 21.5. The van der Waals surface area contributed by atoms with E-state index in [1.807, 2.05) is 18.2 Å². The fraction of sp³-hybridized carbons (Fsp3) is 0.283. The molecule has 2 aromatic heterocycles. The van der Waals surface area contributed by atoms with Crippen molar-refractivity contribution >= 4 is 52.6 Å². The number of hydrogen-bond acceptors (Lipinski definition) is 15. The number of sulfone groups is 1. The number of thiazole rings is 1. The van der Waals surface area contributed by atoms with Gasteiger partial charge >= 0.3 is 6.09 Å². The lowest BCUT2D eigenvalue weighted by Gasteiger charge is -2.27. The molecular formula is C46H50N8O9S3. The lowest BCUT2D eigenvalue weighted by atomic mass is 9.98. The van der Waals surface area contributed by atoms with Gasteiger partial charge < -0.3 is 30.0 Å². The van der Waals surface area contributed by atoms with Gasteiger partial charge in [-0.25, -0.2) is 26.6 Å². The zero-order valence-electron chi connectivity index (χ0n) is 37.4. The van der Waals surface area contributed by atoms with Crippen molar-refractivity contribution in [2.75, 3.05) is 33.6 Å². The predicted molar refractivity (Wildman–Crippen MR) is 252 cm³/mol. The summed E-state index contributed by atoms with van der Waals surface area (Å²) in [5.41, 5.74) is 8.31. The molecule has 0 radical (unpaired) electrons. The highest BCUT2D eigenvalue weighted by atomic mass is 32.2. The first kappa shape index (κ1) is 47.4. The van der Waals surface area contributed by atoms with Crippen molar-refractivity contribution in [2.24, 2.45) is 0 Å². The maximum Gasteiger partial charge on any atom is 0.407 e. The van der Waals surface area contributed by atoms with E-state index < -0.39 is 53.1 Å². The minimum absolute atomic E-state index is 0.124. The number of fused-ring (bicyclic) bond motifs is 1. The molecule has 5 aromatic carbocycles. The highest BCUT2D eigenvalue weighted by Gasteiger charge is 2.40. The first-order valence-electron chi connectivity index (χ1n) is 20.6. The summed E-state index contributed by atoms with van der Waals surface area (Å²) < 4.78 is 85.8. The van der Waals surface area contributed by atoms with Crippen LogP contribution < -0.4 is 25.3 Å². The molecule has 1 unspecified atom stereocenters. The number of carbonyl (C=O) groups excluding carboxylic acids is 1. The summed E-state index contributed by atoms with van der Waals surface area (Å²) in [5.74, 6) is 1.58. The largest absolute Gasteiger partial charge is 0.497 e. The van der Waals surface area contributed by atoms with Crippen molar-refractivity contribution in [2.45, 2.75) is 68.0 Å². The number of rotatable bonds is 17. The number of ether oxygens (including phenoxy) is 4. The Kier molecular flexibility index (Phi) is 14.0. The lowest BCUT2D eigenvalue weighted by molar-refractivity contribution is 0.0528. The molecule has 1 atom stereocenters. The number of para-hydroxylation sites is 1. The van der Waals surface area contributed by atoms with Crippen LogP contribution in [0.2, 0.25) is 0 Å². The molecule has 346 valence electrons. The summed E-state index contributed by atoms with van der Waals surface area (Å²) in [6, 6.07) is 29.1. The number of amides is 1. The normalized spacial score (nSPS) is 12.5. The number of benzene rings is 5. The van der Waals surface area contributed by atoms with Crippen LogP contribution in [0.4, 0.5) is 9.93 Å². The highest BCUT2D eigenvalue weighted by Crippen LogP contribution is 2.44. The highest BCUT2D eigenvalue weighted by molar-refractivity contribution is 7.94. The number of hydrogen-bond donors (Lipinski definition) is 2. The molecule has 0 aliphatic heterocycles. The molecule has 3 N–H and O–H groups in total. The molecule has 66 heavy (non-hydrogen) atoms. The second kappa shape index (κ2) is 19.5. The Morgan fingerprint density at radius 2 is 1.35 bits per heavy atom. The molecule has 7 rings (SSSR count). The Hall–Kier alpha value is -6.61. The lowest BCUT2D eigenvalue weighted by Crippen LogP contribution is -2.39. The molecule has 0 spiro atoms. The zero-order valence-corrected chi connectivity index (χ0v) is 39.8. The van der Waals surface area contributed by atoms with Gasteiger partial charge in [0.25, 0.3) is 0 Å². The van der Waals surface area contributed by atoms with Crippen LogP contribution in [0.25, 0.3) is 32.7 Å². The van der Waals surface area contributed by atoms with Crippen molar-refractivity contribution in [3.63, 3.8) is 0 Å². The zero-order chi connectivity index (χ0) is 47.4. The minimum Gasteiger partial charge on any atom is -0.497 e. The molecule has 7 aromatic rings. The van der Waals surface area contributed by atoms with Gasteiger partial charge in [-0.3, -0.25) is 0 Å². The summed E-state index contributed by atoms with van der Waals surface area (Å²) in [5, 5.41) is 14.9. The number of alkyl carbamates (subject to hydrolysis) is 1. The van der Waals surface area contributed by atoms with Gasteiger partial charge in [0.2, 0.25) is 15.8 Å². The first-order valence-corrected chi connectivity index (χ1v) is 24.4. The van der Waals surface area contributed by atoms with Crippen LogP contribution in [0.3, 0.4) is 0 Å². The Balaban J connectivity index is 1.49. The van der Waals surface area contributed by atoms with E-state index in [-0.39, 0.29) is 41.7 Å². The second-order valence-electron chi connectivity index (χ2n) is 16.2. The van der Waals surface area contributed by atoms with Crippen LogP contribution in [-0.4, -0.2) is 91.2 Å². The predicted octanol–water partition coefficient (Wildman–Crippen LogP) is 7.35. The maximum absolute atomic E-state index is 16.1. The van der Waals surface area contributed by atoms with Crippen molar-refractivity contribution in [1.29, 1.82) is 0 Å². The molecule has 0 saturated carbocycles. The van der Waals surface area contributed by atoms with E-state index in [1.165, 1.54) is 53.7 Å². The number of nitrogens with one attached hydrogen (secondary N) is 1. The fourth-order valence-electron chi connectivity index (χ4n) is 7.07. The number of nitrogens with zero attached hydrogens (tertiary/aromatic N) is 6. The third kappa shape index (κ3) is 10.6.